The second kappa shape index (κ2) is 10.6. The Labute approximate surface area is 186 Å². The highest BCUT2D eigenvalue weighted by Gasteiger charge is 2.17. The molecule has 150 valence electrons. The minimum absolute atomic E-state index is 0.0849. The van der Waals surface area contributed by atoms with Gasteiger partial charge in [-0.1, -0.05) is 65.1 Å². The number of hydrogen-bond donors (Lipinski definition) is 1. The molecule has 1 N–H and O–H groups in total. The Morgan fingerprint density at radius 2 is 1.62 bits per heavy atom. The summed E-state index contributed by atoms with van der Waals surface area (Å²) in [5, 5.41) is 4.18. The largest absolute Gasteiger partial charge is 0.378 e. The van der Waals surface area contributed by atoms with Crippen molar-refractivity contribution < 1.29 is 4.79 Å². The van der Waals surface area contributed by atoms with Crippen LogP contribution < -0.4 is 5.32 Å². The molecule has 3 aromatic rings. The first kappa shape index (κ1) is 21.6. The van der Waals surface area contributed by atoms with Crippen molar-refractivity contribution in [3.05, 3.63) is 99.0 Å². The molecule has 0 radical (unpaired) electrons. The highest BCUT2D eigenvalue weighted by Crippen LogP contribution is 2.26. The van der Waals surface area contributed by atoms with Gasteiger partial charge in [-0.15, -0.1) is 0 Å². The average Bonchev–Trinajstić information content (AvgIpc) is 2.74. The van der Waals surface area contributed by atoms with Crippen molar-refractivity contribution in [3.63, 3.8) is 0 Å². The summed E-state index contributed by atoms with van der Waals surface area (Å²) in [7, 11) is 0. The summed E-state index contributed by atoms with van der Waals surface area (Å²) in [5.41, 5.74) is 4.11. The van der Waals surface area contributed by atoms with Crippen LogP contribution in [0.2, 0.25) is 5.02 Å². The maximum atomic E-state index is 12.9. The van der Waals surface area contributed by atoms with Gasteiger partial charge in [0.15, 0.2) is 5.78 Å². The number of carbonyl (C=O) groups is 1. The van der Waals surface area contributed by atoms with Crippen molar-refractivity contribution in [1.29, 1.82) is 0 Å². The fourth-order valence-electron chi connectivity index (χ4n) is 3.24. The van der Waals surface area contributed by atoms with E-state index in [-0.39, 0.29) is 11.8 Å². The van der Waals surface area contributed by atoms with Gasteiger partial charge in [-0.05, 0) is 72.5 Å². The maximum absolute atomic E-state index is 12.9. The molecule has 1 unspecified atom stereocenters. The number of nitrogens with one attached hydrogen (secondary N) is 1. The number of ketones is 1. The van der Waals surface area contributed by atoms with E-state index >= 15 is 0 Å². The Morgan fingerprint density at radius 3 is 2.24 bits per heavy atom. The molecule has 3 rings (SSSR count). The van der Waals surface area contributed by atoms with Crippen LogP contribution in [-0.4, -0.2) is 5.78 Å². The van der Waals surface area contributed by atoms with Gasteiger partial charge in [0, 0.05) is 27.2 Å². The molecule has 0 amide bonds. The van der Waals surface area contributed by atoms with Crippen LogP contribution in [-0.2, 0) is 6.42 Å². The number of rotatable bonds is 9. The molecule has 0 aromatic heterocycles. The third kappa shape index (κ3) is 6.45. The first-order valence-electron chi connectivity index (χ1n) is 9.95. The molecule has 2 nitrogen and oxygen atoms in total. The number of unbranched alkanes of at least 4 members (excludes halogenated alkanes) is 1. The molecule has 3 aromatic carbocycles. The Balaban J connectivity index is 1.78. The number of hydrogen-bond acceptors (Lipinski definition) is 2. The summed E-state index contributed by atoms with van der Waals surface area (Å²) in [6.45, 7) is 2.20. The standard InChI is InChI=1S/C25H25BrClNO/c1-2-3-4-18-5-15-23(16-6-18)28-24(19-7-11-21(26)12-8-19)17-25(29)20-9-13-22(27)14-10-20/h5-16,24,28H,2-4,17H2,1H3. The highest BCUT2D eigenvalue weighted by atomic mass is 79.9. The van der Waals surface area contributed by atoms with Gasteiger partial charge in [-0.3, -0.25) is 4.79 Å². The lowest BCUT2D eigenvalue weighted by molar-refractivity contribution is 0.0976. The van der Waals surface area contributed by atoms with Gasteiger partial charge in [0.2, 0.25) is 0 Å². The van der Waals surface area contributed by atoms with Gasteiger partial charge < -0.3 is 5.32 Å². The van der Waals surface area contributed by atoms with Crippen LogP contribution in [0.25, 0.3) is 0 Å². The summed E-state index contributed by atoms with van der Waals surface area (Å²) >= 11 is 9.44. The smallest absolute Gasteiger partial charge is 0.165 e. The molecule has 29 heavy (non-hydrogen) atoms. The molecule has 1 atom stereocenters. The molecule has 4 heteroatoms. The summed E-state index contributed by atoms with van der Waals surface area (Å²) in [5.74, 6) is 0.0849. The summed E-state index contributed by atoms with van der Waals surface area (Å²) in [6, 6.07) is 23.6. The van der Waals surface area contributed by atoms with Gasteiger partial charge >= 0.3 is 0 Å². The third-order valence-electron chi connectivity index (χ3n) is 4.94. The molecule has 0 aliphatic carbocycles. The number of halogens is 2. The summed E-state index contributed by atoms with van der Waals surface area (Å²) in [6.07, 6.45) is 3.85. The summed E-state index contributed by atoms with van der Waals surface area (Å²) < 4.78 is 1.02. The van der Waals surface area contributed by atoms with E-state index in [1.165, 1.54) is 18.4 Å². The Hall–Kier alpha value is -2.10. The first-order chi connectivity index (χ1) is 14.0. The molecule has 0 bridgehead atoms. The third-order valence-corrected chi connectivity index (χ3v) is 5.72. The van der Waals surface area contributed by atoms with Crippen LogP contribution in [0.5, 0.6) is 0 Å². The van der Waals surface area contributed by atoms with Crippen LogP contribution in [0, 0.1) is 0 Å². The zero-order valence-corrected chi connectivity index (χ0v) is 18.8. The van der Waals surface area contributed by atoms with Crippen LogP contribution >= 0.6 is 27.5 Å². The van der Waals surface area contributed by atoms with Gasteiger partial charge in [0.05, 0.1) is 6.04 Å². The average molecular weight is 471 g/mol. The quantitative estimate of drug-likeness (QED) is 0.322. The molecule has 0 heterocycles. The Kier molecular flexibility index (Phi) is 7.91. The fraction of sp³-hybridized carbons (Fsp3) is 0.240. The summed E-state index contributed by atoms with van der Waals surface area (Å²) in [4.78, 5) is 12.9. The Morgan fingerprint density at radius 1 is 0.966 bits per heavy atom. The predicted octanol–water partition coefficient (Wildman–Crippen LogP) is 7.87. The predicted molar refractivity (Wildman–Crippen MR) is 126 cm³/mol. The normalized spacial score (nSPS) is 11.8. The van der Waals surface area contributed by atoms with E-state index in [4.69, 9.17) is 11.6 Å². The van der Waals surface area contributed by atoms with E-state index in [9.17, 15) is 4.79 Å². The lowest BCUT2D eigenvalue weighted by atomic mass is 9.97. The molecule has 0 aliphatic rings. The van der Waals surface area contributed by atoms with E-state index < -0.39 is 0 Å². The van der Waals surface area contributed by atoms with Crippen molar-refractivity contribution in [1.82, 2.24) is 0 Å². The van der Waals surface area contributed by atoms with E-state index in [0.29, 0.717) is 17.0 Å². The lowest BCUT2D eigenvalue weighted by Crippen LogP contribution is -2.16. The van der Waals surface area contributed by atoms with Crippen LogP contribution in [0.15, 0.2) is 77.3 Å². The zero-order chi connectivity index (χ0) is 20.6. The highest BCUT2D eigenvalue weighted by molar-refractivity contribution is 9.10. The van der Waals surface area contributed by atoms with E-state index in [1.807, 2.05) is 24.3 Å². The molecule has 0 saturated heterocycles. The van der Waals surface area contributed by atoms with Gasteiger partial charge in [0.1, 0.15) is 0 Å². The molecular formula is C25H25BrClNO. The number of Topliss-reactive ketones (excluding diaryl/α,β-unsaturated/α-hetero) is 1. The van der Waals surface area contributed by atoms with Crippen molar-refractivity contribution in [2.45, 2.75) is 38.6 Å². The van der Waals surface area contributed by atoms with Crippen molar-refractivity contribution in [3.8, 4) is 0 Å². The number of aryl methyl sites for hydroxylation is 1. The topological polar surface area (TPSA) is 29.1 Å². The van der Waals surface area contributed by atoms with Crippen molar-refractivity contribution in [2.75, 3.05) is 5.32 Å². The first-order valence-corrected chi connectivity index (χ1v) is 11.1. The fourth-order valence-corrected chi connectivity index (χ4v) is 3.63. The minimum Gasteiger partial charge on any atom is -0.378 e. The molecular weight excluding hydrogens is 446 g/mol. The van der Waals surface area contributed by atoms with E-state index in [0.717, 1.165) is 22.1 Å². The van der Waals surface area contributed by atoms with Crippen molar-refractivity contribution in [2.24, 2.45) is 0 Å². The van der Waals surface area contributed by atoms with Crippen LogP contribution in [0.1, 0.15) is 53.7 Å². The SMILES string of the molecule is CCCCc1ccc(NC(CC(=O)c2ccc(Cl)cc2)c2ccc(Br)cc2)cc1. The second-order valence-electron chi connectivity index (χ2n) is 7.18. The maximum Gasteiger partial charge on any atom is 0.165 e. The second-order valence-corrected chi connectivity index (χ2v) is 8.54. The zero-order valence-electron chi connectivity index (χ0n) is 16.5. The van der Waals surface area contributed by atoms with Crippen LogP contribution in [0.3, 0.4) is 0 Å². The van der Waals surface area contributed by atoms with E-state index in [1.54, 1.807) is 24.3 Å². The van der Waals surface area contributed by atoms with Crippen molar-refractivity contribution >= 4 is 39.0 Å². The van der Waals surface area contributed by atoms with Gasteiger partial charge in [0.25, 0.3) is 0 Å². The van der Waals surface area contributed by atoms with Gasteiger partial charge in [-0.2, -0.15) is 0 Å². The molecule has 0 spiro atoms. The van der Waals surface area contributed by atoms with E-state index in [2.05, 4.69) is 52.4 Å². The monoisotopic (exact) mass is 469 g/mol. The number of carbonyl (C=O) groups excluding carboxylic acids is 1. The van der Waals surface area contributed by atoms with Gasteiger partial charge in [-0.25, -0.2) is 0 Å². The van der Waals surface area contributed by atoms with Crippen LogP contribution in [0.4, 0.5) is 5.69 Å². The molecule has 0 aliphatic heterocycles. The minimum atomic E-state index is -0.118. The molecule has 0 saturated carbocycles. The molecule has 0 fully saturated rings. The Bertz CT molecular complexity index is 921. The lowest BCUT2D eigenvalue weighted by Gasteiger charge is -2.20. The number of anilines is 1. The number of benzene rings is 3.